The highest BCUT2D eigenvalue weighted by Crippen LogP contribution is 2.38. The largest absolute Gasteiger partial charge is 0.497 e. The molecule has 1 aliphatic heterocycles. The van der Waals surface area contributed by atoms with Crippen LogP contribution in [0, 0.1) is 17.0 Å². The second kappa shape index (κ2) is 14.7. The number of halogens is 1. The molecule has 1 aliphatic carbocycles. The maximum absolute atomic E-state index is 13.9. The molecule has 2 aromatic carbocycles. The number of nitro benzene ring substituents is 1. The molecule has 0 spiro atoms. The first-order chi connectivity index (χ1) is 22.6. The van der Waals surface area contributed by atoms with Gasteiger partial charge in [0.2, 0.25) is 0 Å². The van der Waals surface area contributed by atoms with Crippen LogP contribution in [0.3, 0.4) is 0 Å². The van der Waals surface area contributed by atoms with Crippen LogP contribution < -0.4 is 15.1 Å². The van der Waals surface area contributed by atoms with E-state index in [-0.39, 0.29) is 28.2 Å². The molecule has 1 N–H and O–H groups in total. The van der Waals surface area contributed by atoms with Crippen molar-refractivity contribution in [3.05, 3.63) is 98.1 Å². The summed E-state index contributed by atoms with van der Waals surface area (Å²) in [5, 5.41) is 19.1. The summed E-state index contributed by atoms with van der Waals surface area (Å²) in [4.78, 5) is 43.9. The van der Waals surface area contributed by atoms with E-state index < -0.39 is 10.8 Å². The van der Waals surface area contributed by atoms with Crippen molar-refractivity contribution in [2.45, 2.75) is 39.0 Å². The van der Waals surface area contributed by atoms with Crippen molar-refractivity contribution >= 4 is 46.2 Å². The Morgan fingerprint density at radius 3 is 2.55 bits per heavy atom. The number of benzene rings is 2. The van der Waals surface area contributed by atoms with Gasteiger partial charge in [-0.3, -0.25) is 19.7 Å². The molecule has 3 aromatic rings. The Morgan fingerprint density at radius 1 is 1.17 bits per heavy atom. The van der Waals surface area contributed by atoms with E-state index in [0.717, 1.165) is 24.3 Å². The standard InChI is InChI=1S/C34H39ClN6O6/c1-5-6-19-46-30-10-8-7-9-25(30)32-31(22(2)47-37-32)34(43)40-17-15-39(16-18-40)28-21-27(29(41(44)45)20-26(28)35)36-33(42)23-11-13-24(14-12-23)38(3)4/h7-8,10-14,20-21,25H,5-6,9,15-19H2,1-4H3,(H,36,42). The number of amides is 2. The fourth-order valence-corrected chi connectivity index (χ4v) is 5.96. The zero-order valence-electron chi connectivity index (χ0n) is 27.0. The van der Waals surface area contributed by atoms with Crippen molar-refractivity contribution in [2.24, 2.45) is 0 Å². The lowest BCUT2D eigenvalue weighted by atomic mass is 9.91. The maximum Gasteiger partial charge on any atom is 0.294 e. The van der Waals surface area contributed by atoms with E-state index in [4.69, 9.17) is 20.9 Å². The zero-order valence-corrected chi connectivity index (χ0v) is 27.7. The number of hydrogen-bond acceptors (Lipinski definition) is 9. The van der Waals surface area contributed by atoms with Crippen molar-refractivity contribution in [1.29, 1.82) is 0 Å². The minimum Gasteiger partial charge on any atom is -0.497 e. The number of carbonyl (C=O) groups is 2. The van der Waals surface area contributed by atoms with E-state index in [1.807, 2.05) is 42.1 Å². The third kappa shape index (κ3) is 7.43. The van der Waals surface area contributed by atoms with Crippen molar-refractivity contribution in [3.63, 3.8) is 0 Å². The summed E-state index contributed by atoms with van der Waals surface area (Å²) in [5.41, 5.74) is 2.53. The monoisotopic (exact) mass is 662 g/mol. The highest BCUT2D eigenvalue weighted by atomic mass is 35.5. The van der Waals surface area contributed by atoms with Crippen molar-refractivity contribution in [2.75, 3.05) is 62.0 Å². The molecule has 12 nitrogen and oxygen atoms in total. The summed E-state index contributed by atoms with van der Waals surface area (Å²) in [6, 6.07) is 9.68. The van der Waals surface area contributed by atoms with Crippen LogP contribution in [0.2, 0.25) is 5.02 Å². The molecule has 1 aromatic heterocycles. The number of allylic oxidation sites excluding steroid dienone is 4. The predicted octanol–water partition coefficient (Wildman–Crippen LogP) is 6.57. The van der Waals surface area contributed by atoms with Gasteiger partial charge in [-0.05, 0) is 56.2 Å². The lowest BCUT2D eigenvalue weighted by Crippen LogP contribution is -2.49. The van der Waals surface area contributed by atoms with Gasteiger partial charge in [-0.1, -0.05) is 42.3 Å². The number of piperazine rings is 1. The molecular weight excluding hydrogens is 624 g/mol. The SMILES string of the molecule is CCCCOC1=CC=CCC1c1noc(C)c1C(=O)N1CCN(c2cc(NC(=O)c3ccc(N(C)C)cc3)c([N+](=O)[O-])cc2Cl)CC1. The minimum atomic E-state index is -0.576. The van der Waals surface area contributed by atoms with Crippen LogP contribution in [-0.2, 0) is 4.74 Å². The zero-order chi connectivity index (χ0) is 33.7. The molecule has 2 heterocycles. The first-order valence-electron chi connectivity index (χ1n) is 15.7. The number of unbranched alkanes of at least 4 members (excludes halogenated alkanes) is 1. The molecule has 13 heteroatoms. The van der Waals surface area contributed by atoms with Gasteiger partial charge in [0.25, 0.3) is 17.5 Å². The third-order valence-corrected chi connectivity index (χ3v) is 8.68. The van der Waals surface area contributed by atoms with Crippen LogP contribution >= 0.6 is 11.6 Å². The van der Waals surface area contributed by atoms with Gasteiger partial charge >= 0.3 is 0 Å². The molecule has 1 saturated heterocycles. The minimum absolute atomic E-state index is 0.0332. The molecule has 2 aliphatic rings. The summed E-state index contributed by atoms with van der Waals surface area (Å²) in [6.45, 7) is 6.01. The average molecular weight is 663 g/mol. The quantitative estimate of drug-likeness (QED) is 0.137. The van der Waals surface area contributed by atoms with Crippen LogP contribution in [-0.4, -0.2) is 73.7 Å². The lowest BCUT2D eigenvalue weighted by Gasteiger charge is -2.36. The number of ether oxygens (including phenoxy) is 1. The average Bonchev–Trinajstić information content (AvgIpc) is 3.46. The number of anilines is 3. The molecule has 0 saturated carbocycles. The van der Waals surface area contributed by atoms with E-state index in [2.05, 4.69) is 17.4 Å². The van der Waals surface area contributed by atoms with Crippen LogP contribution in [0.5, 0.6) is 0 Å². The number of nitro groups is 1. The highest BCUT2D eigenvalue weighted by molar-refractivity contribution is 6.33. The van der Waals surface area contributed by atoms with Gasteiger partial charge in [0.05, 0.1) is 28.2 Å². The van der Waals surface area contributed by atoms with Gasteiger partial charge in [0, 0.05) is 57.6 Å². The van der Waals surface area contributed by atoms with E-state index >= 15 is 0 Å². The van der Waals surface area contributed by atoms with Gasteiger partial charge in [0.15, 0.2) is 0 Å². The molecule has 47 heavy (non-hydrogen) atoms. The highest BCUT2D eigenvalue weighted by Gasteiger charge is 2.34. The third-order valence-electron chi connectivity index (χ3n) is 8.37. The summed E-state index contributed by atoms with van der Waals surface area (Å²) in [5.74, 6) is 0.348. The van der Waals surface area contributed by atoms with E-state index in [1.165, 1.54) is 12.1 Å². The maximum atomic E-state index is 13.9. The molecule has 1 fully saturated rings. The molecule has 248 valence electrons. The fourth-order valence-electron chi connectivity index (χ4n) is 5.69. The number of hydrogen-bond donors (Lipinski definition) is 1. The summed E-state index contributed by atoms with van der Waals surface area (Å²) < 4.78 is 11.6. The summed E-state index contributed by atoms with van der Waals surface area (Å²) in [7, 11) is 3.78. The van der Waals surface area contributed by atoms with Gasteiger partial charge in [-0.15, -0.1) is 0 Å². The Balaban J connectivity index is 1.31. The Hall–Kier alpha value is -4.84. The molecule has 1 unspecified atom stereocenters. The van der Waals surface area contributed by atoms with Crippen LogP contribution in [0.25, 0.3) is 0 Å². The van der Waals surface area contributed by atoms with Gasteiger partial charge in [-0.2, -0.15) is 0 Å². The van der Waals surface area contributed by atoms with Crippen molar-refractivity contribution in [3.8, 4) is 0 Å². The summed E-state index contributed by atoms with van der Waals surface area (Å²) >= 11 is 6.56. The van der Waals surface area contributed by atoms with Gasteiger partial charge in [0.1, 0.15) is 28.5 Å². The van der Waals surface area contributed by atoms with E-state index in [0.29, 0.717) is 67.5 Å². The fraction of sp³-hybridized carbons (Fsp3) is 0.382. The number of aromatic nitrogens is 1. The Labute approximate surface area is 278 Å². The Kier molecular flexibility index (Phi) is 10.5. The smallest absolute Gasteiger partial charge is 0.294 e. The first kappa shape index (κ1) is 33.5. The Morgan fingerprint density at radius 2 is 1.89 bits per heavy atom. The molecule has 2 amide bonds. The second-order valence-corrected chi connectivity index (χ2v) is 12.1. The topological polar surface area (TPSA) is 134 Å². The molecule has 5 rings (SSSR count). The normalized spacial score (nSPS) is 16.1. The van der Waals surface area contributed by atoms with Crippen molar-refractivity contribution < 1.29 is 23.8 Å². The van der Waals surface area contributed by atoms with Crippen LogP contribution in [0.1, 0.15) is 64.3 Å². The Bertz CT molecular complexity index is 1690. The van der Waals surface area contributed by atoms with Crippen molar-refractivity contribution in [1.82, 2.24) is 10.1 Å². The number of rotatable bonds is 11. The molecule has 0 bridgehead atoms. The summed E-state index contributed by atoms with van der Waals surface area (Å²) in [6.07, 6.45) is 8.50. The molecule has 1 atom stereocenters. The number of nitrogens with one attached hydrogen (secondary N) is 1. The molecule has 0 radical (unpaired) electrons. The number of aryl methyl sites for hydroxylation is 1. The van der Waals surface area contributed by atoms with Gasteiger partial charge < -0.3 is 29.3 Å². The second-order valence-electron chi connectivity index (χ2n) is 11.7. The van der Waals surface area contributed by atoms with E-state index in [1.54, 1.807) is 36.1 Å². The van der Waals surface area contributed by atoms with Gasteiger partial charge in [-0.25, -0.2) is 0 Å². The number of nitrogens with zero attached hydrogens (tertiary/aromatic N) is 5. The number of carbonyl (C=O) groups excluding carboxylic acids is 2. The first-order valence-corrected chi connectivity index (χ1v) is 16.0. The molecular formula is C34H39ClN6O6. The van der Waals surface area contributed by atoms with E-state index in [9.17, 15) is 19.7 Å². The lowest BCUT2D eigenvalue weighted by molar-refractivity contribution is -0.383. The predicted molar refractivity (Wildman–Crippen MR) is 182 cm³/mol. The van der Waals surface area contributed by atoms with Crippen LogP contribution in [0.4, 0.5) is 22.7 Å². The van der Waals surface area contributed by atoms with Crippen LogP contribution in [0.15, 0.2) is 64.9 Å².